The van der Waals surface area contributed by atoms with Gasteiger partial charge in [-0.15, -0.1) is 0 Å². The van der Waals surface area contributed by atoms with Gasteiger partial charge in [-0.1, -0.05) is 176 Å². The molecular weight excluding hydrogens is 655 g/mol. The lowest BCUT2D eigenvalue weighted by molar-refractivity contribution is 1.18. The quantitative estimate of drug-likeness (QED) is 0.163. The Hall–Kier alpha value is -7.23. The summed E-state index contributed by atoms with van der Waals surface area (Å²) in [5.41, 5.74) is 12.5. The van der Waals surface area contributed by atoms with Crippen molar-refractivity contribution >= 4 is 32.4 Å². The average Bonchev–Trinajstić information content (AvgIpc) is 3.26. The van der Waals surface area contributed by atoms with E-state index in [2.05, 4.69) is 176 Å². The number of nitrogens with zero attached hydrogens (tertiary/aromatic N) is 3. The molecule has 54 heavy (non-hydrogen) atoms. The molecule has 0 saturated carbocycles. The first-order valence-electron chi connectivity index (χ1n) is 18.3. The van der Waals surface area contributed by atoms with Gasteiger partial charge in [-0.3, -0.25) is 0 Å². The van der Waals surface area contributed by atoms with E-state index in [9.17, 15) is 0 Å². The molecule has 0 bridgehead atoms. The third-order valence-corrected chi connectivity index (χ3v) is 10.3. The number of aromatic nitrogens is 3. The summed E-state index contributed by atoms with van der Waals surface area (Å²) in [6.07, 6.45) is 0. The Morgan fingerprint density at radius 2 is 0.796 bits per heavy atom. The van der Waals surface area contributed by atoms with E-state index in [4.69, 9.17) is 15.0 Å². The first-order chi connectivity index (χ1) is 26.7. The molecule has 0 unspecified atom stereocenters. The molecule has 0 saturated heterocycles. The minimum atomic E-state index is 0.698. The van der Waals surface area contributed by atoms with E-state index in [1.54, 1.807) is 0 Å². The molecule has 2 heterocycles. The van der Waals surface area contributed by atoms with E-state index in [0.29, 0.717) is 5.82 Å². The summed E-state index contributed by atoms with van der Waals surface area (Å²) < 4.78 is 0. The molecule has 3 heteroatoms. The van der Waals surface area contributed by atoms with Crippen LogP contribution >= 0.6 is 0 Å². The topological polar surface area (TPSA) is 38.7 Å². The van der Waals surface area contributed by atoms with Gasteiger partial charge in [0, 0.05) is 38.4 Å². The zero-order chi connectivity index (χ0) is 35.8. The zero-order valence-corrected chi connectivity index (χ0v) is 29.4. The van der Waals surface area contributed by atoms with E-state index in [1.807, 2.05) is 24.3 Å². The fourth-order valence-electron chi connectivity index (χ4n) is 7.57. The smallest absolute Gasteiger partial charge is 0.160 e. The monoisotopic (exact) mass is 687 g/mol. The molecule has 3 nitrogen and oxygen atoms in total. The van der Waals surface area contributed by atoms with Gasteiger partial charge >= 0.3 is 0 Å². The molecule has 2 aromatic heterocycles. The summed E-state index contributed by atoms with van der Waals surface area (Å²) in [7, 11) is 0. The van der Waals surface area contributed by atoms with Crippen LogP contribution in [-0.4, -0.2) is 15.0 Å². The molecule has 0 fully saturated rings. The largest absolute Gasteiger partial charge is 0.247 e. The van der Waals surface area contributed by atoms with E-state index in [0.717, 1.165) is 72.5 Å². The van der Waals surface area contributed by atoms with Crippen molar-refractivity contribution in [2.75, 3.05) is 0 Å². The van der Waals surface area contributed by atoms with Gasteiger partial charge in [-0.2, -0.15) is 0 Å². The number of hydrogen-bond acceptors (Lipinski definition) is 3. The molecule has 0 amide bonds. The van der Waals surface area contributed by atoms with E-state index < -0.39 is 0 Å². The molecule has 8 aromatic carbocycles. The fourth-order valence-corrected chi connectivity index (χ4v) is 7.57. The maximum absolute atomic E-state index is 5.24. The highest BCUT2D eigenvalue weighted by atomic mass is 14.9. The van der Waals surface area contributed by atoms with Crippen LogP contribution in [0.25, 0.3) is 99.9 Å². The van der Waals surface area contributed by atoms with Crippen LogP contribution in [-0.2, 0) is 0 Å². The first-order valence-corrected chi connectivity index (χ1v) is 18.3. The van der Waals surface area contributed by atoms with Gasteiger partial charge < -0.3 is 0 Å². The van der Waals surface area contributed by atoms with Crippen LogP contribution in [0.1, 0.15) is 0 Å². The van der Waals surface area contributed by atoms with Crippen LogP contribution < -0.4 is 0 Å². The maximum Gasteiger partial charge on any atom is 0.160 e. The summed E-state index contributed by atoms with van der Waals surface area (Å²) in [5, 5.41) is 6.05. The average molecular weight is 688 g/mol. The van der Waals surface area contributed by atoms with Gasteiger partial charge in [0.2, 0.25) is 0 Å². The van der Waals surface area contributed by atoms with Gasteiger partial charge in [-0.25, -0.2) is 15.0 Å². The van der Waals surface area contributed by atoms with Crippen LogP contribution in [0.5, 0.6) is 0 Å². The van der Waals surface area contributed by atoms with Crippen molar-refractivity contribution in [3.05, 3.63) is 200 Å². The molecule has 0 aliphatic carbocycles. The molecular formula is C51H33N3. The predicted molar refractivity (Wildman–Crippen MR) is 225 cm³/mol. The third kappa shape index (κ3) is 5.78. The molecule has 252 valence electrons. The lowest BCUT2D eigenvalue weighted by Gasteiger charge is -2.14. The molecule has 0 radical (unpaired) electrons. The first kappa shape index (κ1) is 31.5. The maximum atomic E-state index is 5.24. The molecule has 0 aliphatic heterocycles. The van der Waals surface area contributed by atoms with Crippen molar-refractivity contribution in [2.24, 2.45) is 0 Å². The van der Waals surface area contributed by atoms with Crippen molar-refractivity contribution in [3.8, 4) is 67.4 Å². The van der Waals surface area contributed by atoms with Crippen LogP contribution in [0.3, 0.4) is 0 Å². The Labute approximate surface area is 313 Å². The van der Waals surface area contributed by atoms with Crippen LogP contribution in [0.4, 0.5) is 0 Å². The predicted octanol–water partition coefficient (Wildman–Crippen LogP) is 13.3. The van der Waals surface area contributed by atoms with Crippen LogP contribution in [0.2, 0.25) is 0 Å². The molecule has 0 atom stereocenters. The molecule has 10 aromatic rings. The van der Waals surface area contributed by atoms with Crippen molar-refractivity contribution < 1.29 is 0 Å². The van der Waals surface area contributed by atoms with E-state index >= 15 is 0 Å². The Bertz CT molecular complexity index is 2960. The molecule has 10 rings (SSSR count). The molecule has 0 aliphatic rings. The Kier molecular flexibility index (Phi) is 7.81. The standard InChI is InChI=1S/C51H33N3/c1-3-13-34(14-4-1)40-19-12-21-42(32-40)51-53-47(37-16-5-2-6-17-37)33-48(54-51)38-27-25-35(26-28-38)39-18-11-20-41(31-39)50-45-30-29-36-15-7-8-22-43(36)49(45)44-23-9-10-24-46(44)52-50/h1-33H. The van der Waals surface area contributed by atoms with Gasteiger partial charge in [0.05, 0.1) is 22.6 Å². The van der Waals surface area contributed by atoms with Crippen LogP contribution in [0.15, 0.2) is 200 Å². The van der Waals surface area contributed by atoms with E-state index in [1.165, 1.54) is 21.5 Å². The minimum absolute atomic E-state index is 0.698. The number of hydrogen-bond donors (Lipinski definition) is 0. The summed E-state index contributed by atoms with van der Waals surface area (Å²) in [6.45, 7) is 0. The highest BCUT2D eigenvalue weighted by Crippen LogP contribution is 2.38. The molecule has 0 spiro atoms. The summed E-state index contributed by atoms with van der Waals surface area (Å²) >= 11 is 0. The molecule has 0 N–H and O–H groups in total. The van der Waals surface area contributed by atoms with Gasteiger partial charge in [-0.05, 0) is 57.3 Å². The Morgan fingerprint density at radius 3 is 1.54 bits per heavy atom. The second kappa shape index (κ2) is 13.4. The van der Waals surface area contributed by atoms with Gasteiger partial charge in [0.15, 0.2) is 5.82 Å². The van der Waals surface area contributed by atoms with Gasteiger partial charge in [0.1, 0.15) is 0 Å². The lowest BCUT2D eigenvalue weighted by atomic mass is 9.94. The van der Waals surface area contributed by atoms with E-state index in [-0.39, 0.29) is 0 Å². The normalized spacial score (nSPS) is 11.3. The second-order valence-corrected chi connectivity index (χ2v) is 13.6. The lowest BCUT2D eigenvalue weighted by Crippen LogP contribution is -1.96. The number of pyridine rings is 1. The number of fused-ring (bicyclic) bond motifs is 5. The van der Waals surface area contributed by atoms with Crippen molar-refractivity contribution in [3.63, 3.8) is 0 Å². The Morgan fingerprint density at radius 1 is 0.278 bits per heavy atom. The summed E-state index contributed by atoms with van der Waals surface area (Å²) in [6, 6.07) is 70.3. The third-order valence-electron chi connectivity index (χ3n) is 10.3. The van der Waals surface area contributed by atoms with Gasteiger partial charge in [0.25, 0.3) is 0 Å². The van der Waals surface area contributed by atoms with Crippen LogP contribution in [0, 0.1) is 0 Å². The SMILES string of the molecule is c1ccc(-c2cccc(-c3nc(-c4ccccc4)cc(-c4ccc(-c5cccc(-c6nc7ccccc7c7c6ccc6ccccc67)c5)cc4)n3)c2)cc1. The van der Waals surface area contributed by atoms with Crippen molar-refractivity contribution in [2.45, 2.75) is 0 Å². The zero-order valence-electron chi connectivity index (χ0n) is 29.4. The summed E-state index contributed by atoms with van der Waals surface area (Å²) in [5.74, 6) is 0.698. The number of para-hydroxylation sites is 1. The number of benzene rings is 8. The second-order valence-electron chi connectivity index (χ2n) is 13.6. The number of rotatable bonds is 6. The highest BCUT2D eigenvalue weighted by molar-refractivity contribution is 6.22. The van der Waals surface area contributed by atoms with Crippen molar-refractivity contribution in [1.29, 1.82) is 0 Å². The fraction of sp³-hybridized carbons (Fsp3) is 0. The minimum Gasteiger partial charge on any atom is -0.247 e. The summed E-state index contributed by atoms with van der Waals surface area (Å²) in [4.78, 5) is 15.5. The van der Waals surface area contributed by atoms with Crippen molar-refractivity contribution in [1.82, 2.24) is 15.0 Å². The Balaban J connectivity index is 1.04. The highest BCUT2D eigenvalue weighted by Gasteiger charge is 2.15.